The number of para-hydroxylation sites is 1. The minimum Gasteiger partial charge on any atom is -0.378 e. The van der Waals surface area contributed by atoms with Gasteiger partial charge in [-0.15, -0.1) is 0 Å². The summed E-state index contributed by atoms with van der Waals surface area (Å²) in [5, 5.41) is 2.81. The van der Waals surface area contributed by atoms with Crippen LogP contribution in [0.1, 0.15) is 29.5 Å². The topological polar surface area (TPSA) is 168 Å². The zero-order chi connectivity index (χ0) is 39.6. The second-order valence-corrected chi connectivity index (χ2v) is 12.2. The monoisotopic (exact) mass is 787 g/mol. The number of anilines is 1. The number of hydrogen-bond donors (Lipinski definition) is 2. The molecule has 0 atom stereocenters. The van der Waals surface area contributed by atoms with Gasteiger partial charge in [0.15, 0.2) is 0 Å². The van der Waals surface area contributed by atoms with Crippen molar-refractivity contribution in [2.75, 3.05) is 150 Å². The van der Waals surface area contributed by atoms with Crippen LogP contribution in [0.15, 0.2) is 48.5 Å². The number of rotatable bonds is 35. The number of amides is 2. The summed E-state index contributed by atoms with van der Waals surface area (Å²) in [5.41, 5.74) is 8.75. The van der Waals surface area contributed by atoms with Gasteiger partial charge in [0.25, 0.3) is 0 Å². The highest BCUT2D eigenvalue weighted by Crippen LogP contribution is 2.26. The molecule has 1 aliphatic rings. The fraction of sp³-hybridized carbons (Fsp3) is 0.610. The Hall–Kier alpha value is -3.50. The van der Waals surface area contributed by atoms with Gasteiger partial charge in [-0.05, 0) is 23.8 Å². The van der Waals surface area contributed by atoms with E-state index in [0.29, 0.717) is 152 Å². The van der Waals surface area contributed by atoms with Crippen LogP contribution >= 0.6 is 0 Å². The number of ether oxygens (including phenoxy) is 10. The summed E-state index contributed by atoms with van der Waals surface area (Å²) in [6.07, 6.45) is 0.176. The third kappa shape index (κ3) is 22.3. The maximum Gasteiger partial charge on any atom is 0.227 e. The van der Waals surface area contributed by atoms with Crippen molar-refractivity contribution >= 4 is 17.5 Å². The fourth-order valence-electron chi connectivity index (χ4n) is 5.08. The van der Waals surface area contributed by atoms with E-state index >= 15 is 0 Å². The molecule has 312 valence electrons. The Morgan fingerprint density at radius 3 is 1.39 bits per heavy atom. The maximum absolute atomic E-state index is 13.3. The lowest BCUT2D eigenvalue weighted by Crippen LogP contribution is -2.34. The van der Waals surface area contributed by atoms with Crippen molar-refractivity contribution in [3.05, 3.63) is 65.2 Å². The van der Waals surface area contributed by atoms with Crippen LogP contribution in [0.3, 0.4) is 0 Å². The third-order valence-corrected chi connectivity index (χ3v) is 7.92. The van der Waals surface area contributed by atoms with Gasteiger partial charge in [0.05, 0.1) is 144 Å². The summed E-state index contributed by atoms with van der Waals surface area (Å²) in [4.78, 5) is 27.4. The molecule has 0 saturated heterocycles. The Bertz CT molecular complexity index is 1390. The molecule has 0 aliphatic carbocycles. The number of carbonyl (C=O) groups excluding carboxylic acids is 2. The summed E-state index contributed by atoms with van der Waals surface area (Å²) < 4.78 is 54.5. The molecule has 0 aromatic heterocycles. The first-order chi connectivity index (χ1) is 27.7. The molecule has 0 bridgehead atoms. The van der Waals surface area contributed by atoms with Crippen LogP contribution in [-0.4, -0.2) is 157 Å². The van der Waals surface area contributed by atoms with E-state index in [4.69, 9.17) is 53.1 Å². The lowest BCUT2D eigenvalue weighted by Gasteiger charge is -2.26. The molecule has 2 amide bonds. The van der Waals surface area contributed by atoms with Gasteiger partial charge in [-0.3, -0.25) is 9.59 Å². The van der Waals surface area contributed by atoms with Gasteiger partial charge in [0.2, 0.25) is 11.8 Å². The number of carbonyl (C=O) groups is 2. The molecule has 0 spiro atoms. The maximum atomic E-state index is 13.3. The van der Waals surface area contributed by atoms with E-state index in [1.165, 1.54) is 0 Å². The minimum atomic E-state index is -0.200. The van der Waals surface area contributed by atoms with Crippen LogP contribution < -0.4 is 16.0 Å². The number of hydrogen-bond acceptors (Lipinski definition) is 13. The Morgan fingerprint density at radius 1 is 0.518 bits per heavy atom. The van der Waals surface area contributed by atoms with Gasteiger partial charge >= 0.3 is 0 Å². The van der Waals surface area contributed by atoms with E-state index in [2.05, 4.69) is 17.2 Å². The highest BCUT2D eigenvalue weighted by molar-refractivity contribution is 5.96. The average molecular weight is 788 g/mol. The molecule has 0 unspecified atom stereocenters. The van der Waals surface area contributed by atoms with Crippen molar-refractivity contribution in [1.82, 2.24) is 5.32 Å². The average Bonchev–Trinajstić information content (AvgIpc) is 3.21. The van der Waals surface area contributed by atoms with Crippen LogP contribution in [-0.2, 0) is 63.5 Å². The molecule has 3 N–H and O–H groups in total. The van der Waals surface area contributed by atoms with Gasteiger partial charge < -0.3 is 63.3 Å². The van der Waals surface area contributed by atoms with E-state index in [-0.39, 0.29) is 24.7 Å². The van der Waals surface area contributed by atoms with Gasteiger partial charge in [-0.1, -0.05) is 42.2 Å². The molecule has 1 aliphatic heterocycles. The molecule has 1 heterocycles. The molecule has 2 aromatic rings. The highest BCUT2D eigenvalue weighted by Gasteiger charge is 2.21. The normalized spacial score (nSPS) is 12.0. The predicted octanol–water partition coefficient (Wildman–Crippen LogP) is 1.95. The van der Waals surface area contributed by atoms with Crippen LogP contribution in [0, 0.1) is 11.8 Å². The SMILES string of the molecule is NCCOCCOCCOCCOCCOCCOCCOCCOCCOCCOCCNC(=O)CCC(=O)N1Cc2ccccc2C#Cc2ccccc21. The van der Waals surface area contributed by atoms with Crippen molar-refractivity contribution in [2.24, 2.45) is 5.73 Å². The van der Waals surface area contributed by atoms with Crippen molar-refractivity contribution in [3.63, 3.8) is 0 Å². The molecule has 3 rings (SSSR count). The third-order valence-electron chi connectivity index (χ3n) is 7.92. The molecule has 2 aromatic carbocycles. The number of nitrogens with one attached hydrogen (secondary N) is 1. The first kappa shape index (κ1) is 46.9. The predicted molar refractivity (Wildman–Crippen MR) is 210 cm³/mol. The first-order valence-electron chi connectivity index (χ1n) is 19.4. The number of nitrogens with zero attached hydrogens (tertiary/aromatic N) is 1. The summed E-state index contributed by atoms with van der Waals surface area (Å²) in [6.45, 7) is 10.9. The Labute approximate surface area is 331 Å². The van der Waals surface area contributed by atoms with Crippen molar-refractivity contribution < 1.29 is 57.0 Å². The van der Waals surface area contributed by atoms with Crippen molar-refractivity contribution in [2.45, 2.75) is 19.4 Å². The number of fused-ring (bicyclic) bond motifs is 2. The minimum absolute atomic E-state index is 0.0872. The molecule has 15 heteroatoms. The summed E-state index contributed by atoms with van der Waals surface area (Å²) in [7, 11) is 0. The Balaban J connectivity index is 1.02. The second kappa shape index (κ2) is 32.6. The smallest absolute Gasteiger partial charge is 0.227 e. The van der Waals surface area contributed by atoms with Crippen molar-refractivity contribution in [1.29, 1.82) is 0 Å². The molecule has 0 saturated carbocycles. The van der Waals surface area contributed by atoms with Gasteiger partial charge in [0, 0.05) is 37.1 Å². The second-order valence-electron chi connectivity index (χ2n) is 12.2. The van der Waals surface area contributed by atoms with Gasteiger partial charge in [0.1, 0.15) is 0 Å². The fourth-order valence-corrected chi connectivity index (χ4v) is 5.08. The van der Waals surface area contributed by atoms with E-state index in [0.717, 1.165) is 22.4 Å². The zero-order valence-corrected chi connectivity index (χ0v) is 32.7. The summed E-state index contributed by atoms with van der Waals surface area (Å²) in [6, 6.07) is 15.4. The van der Waals surface area contributed by atoms with E-state index in [9.17, 15) is 9.59 Å². The molecular weight excluding hydrogens is 726 g/mol. The molecule has 15 nitrogen and oxygen atoms in total. The van der Waals surface area contributed by atoms with E-state index < -0.39 is 0 Å². The van der Waals surface area contributed by atoms with Crippen LogP contribution in [0.2, 0.25) is 0 Å². The standard InChI is InChI=1S/C41H61N3O12/c42-13-15-47-17-19-49-21-23-51-25-27-53-29-31-55-33-34-56-32-30-54-28-26-52-24-22-50-20-18-48-16-14-43-40(45)11-12-41(46)44-35-38-7-2-1-5-36(38)9-10-37-6-3-4-8-39(37)44/h1-8H,11-35,42H2,(H,43,45). The van der Waals surface area contributed by atoms with E-state index in [1.54, 1.807) is 4.90 Å². The van der Waals surface area contributed by atoms with Crippen molar-refractivity contribution in [3.8, 4) is 11.8 Å². The first-order valence-corrected chi connectivity index (χ1v) is 19.4. The molecule has 0 fully saturated rings. The van der Waals surface area contributed by atoms with Crippen LogP contribution in [0.4, 0.5) is 5.69 Å². The molecule has 56 heavy (non-hydrogen) atoms. The van der Waals surface area contributed by atoms with Gasteiger partial charge in [-0.25, -0.2) is 0 Å². The summed E-state index contributed by atoms with van der Waals surface area (Å²) in [5.74, 6) is 6.07. The van der Waals surface area contributed by atoms with Crippen LogP contribution in [0.25, 0.3) is 0 Å². The Morgan fingerprint density at radius 2 is 0.911 bits per heavy atom. The number of benzene rings is 2. The van der Waals surface area contributed by atoms with Gasteiger partial charge in [-0.2, -0.15) is 0 Å². The van der Waals surface area contributed by atoms with E-state index in [1.807, 2.05) is 48.5 Å². The zero-order valence-electron chi connectivity index (χ0n) is 32.7. The highest BCUT2D eigenvalue weighted by atomic mass is 16.6. The Kier molecular flexibility index (Phi) is 27.3. The lowest BCUT2D eigenvalue weighted by molar-refractivity contribution is -0.125. The van der Waals surface area contributed by atoms with Crippen LogP contribution in [0.5, 0.6) is 0 Å². The molecular formula is C41H61N3O12. The number of nitrogens with two attached hydrogens (primary N) is 1. The lowest BCUT2D eigenvalue weighted by atomic mass is 10.0. The quantitative estimate of drug-likeness (QED) is 0.0770. The summed E-state index contributed by atoms with van der Waals surface area (Å²) >= 11 is 0. The largest absolute Gasteiger partial charge is 0.378 e. The molecule has 0 radical (unpaired) electrons.